The topological polar surface area (TPSA) is 134 Å². The average molecular weight is 540 g/mol. The number of unbranched alkanes of at least 4 members (excludes halogenated alkanes) is 3. The van der Waals surface area contributed by atoms with Gasteiger partial charge in [0.25, 0.3) is 6.47 Å². The summed E-state index contributed by atoms with van der Waals surface area (Å²) in [7, 11) is 0. The SMILES string of the molecule is C=CC.C=CCCCCC[C@H](NC(=O)OC(C)(C)C)C(=O)N1CC(O)CC1C(=O)NC1CC1.CCOC=O. The molecule has 2 rings (SSSR count). The summed E-state index contributed by atoms with van der Waals surface area (Å²) in [6.07, 6.45) is 8.26. The number of hydrogen-bond acceptors (Lipinski definition) is 7. The molecule has 0 radical (unpaired) electrons. The Morgan fingerprint density at radius 2 is 1.79 bits per heavy atom. The molecule has 1 aliphatic carbocycles. The molecule has 1 saturated heterocycles. The molecule has 0 aromatic carbocycles. The standard InChI is InChI=1S/C22H37N3O5.C3H6O2.C3H6/c1-5-6-7-8-9-10-17(24-21(29)30-22(2,3)4)20(28)25-14-16(26)13-18(25)19(27)23-15-11-12-15;1-2-5-3-4;1-3-2/h5,15-18,26H,1,6-14H2,2-4H3,(H,23,27)(H,24,29);3H,2H2,1H3;3H,1H2,2H3/t16?,17-,18?;;/m0../s1. The third kappa shape index (κ3) is 16.1. The number of allylic oxidation sites excluding steroid dienone is 2. The van der Waals surface area contributed by atoms with Gasteiger partial charge < -0.3 is 30.1 Å². The van der Waals surface area contributed by atoms with Crippen molar-refractivity contribution in [2.24, 2.45) is 0 Å². The minimum absolute atomic E-state index is 0.0878. The predicted molar refractivity (Wildman–Crippen MR) is 147 cm³/mol. The van der Waals surface area contributed by atoms with Crippen LogP contribution in [0.15, 0.2) is 25.3 Å². The molecule has 1 aliphatic heterocycles. The Hall–Kier alpha value is -2.88. The average Bonchev–Trinajstić information content (AvgIpc) is 3.55. The number of ether oxygens (including phenoxy) is 2. The van der Waals surface area contributed by atoms with Gasteiger partial charge in [0.15, 0.2) is 0 Å². The zero-order chi connectivity index (χ0) is 29.1. The van der Waals surface area contributed by atoms with E-state index in [1.165, 1.54) is 4.90 Å². The second-order valence-electron chi connectivity index (χ2n) is 10.3. The summed E-state index contributed by atoms with van der Waals surface area (Å²) in [4.78, 5) is 48.8. The summed E-state index contributed by atoms with van der Waals surface area (Å²) in [6.45, 7) is 17.0. The van der Waals surface area contributed by atoms with Crippen molar-refractivity contribution in [1.82, 2.24) is 15.5 Å². The number of amides is 3. The maximum Gasteiger partial charge on any atom is 0.408 e. The van der Waals surface area contributed by atoms with Crippen LogP contribution in [-0.2, 0) is 23.9 Å². The Labute approximate surface area is 228 Å². The Balaban J connectivity index is 0.00000150. The van der Waals surface area contributed by atoms with Crippen molar-refractivity contribution in [1.29, 1.82) is 0 Å². The van der Waals surface area contributed by atoms with E-state index in [0.717, 1.165) is 38.5 Å². The van der Waals surface area contributed by atoms with Crippen LogP contribution in [0.1, 0.15) is 86.0 Å². The van der Waals surface area contributed by atoms with Crippen molar-refractivity contribution in [2.45, 2.75) is 116 Å². The molecule has 1 saturated carbocycles. The summed E-state index contributed by atoms with van der Waals surface area (Å²) >= 11 is 0. The summed E-state index contributed by atoms with van der Waals surface area (Å²) in [5.41, 5.74) is -0.682. The van der Waals surface area contributed by atoms with Crippen molar-refractivity contribution in [3.63, 3.8) is 0 Å². The van der Waals surface area contributed by atoms with E-state index in [4.69, 9.17) is 4.74 Å². The molecular weight excluding hydrogens is 490 g/mol. The van der Waals surface area contributed by atoms with Gasteiger partial charge in [-0.3, -0.25) is 14.4 Å². The lowest BCUT2D eigenvalue weighted by molar-refractivity contribution is -0.140. The van der Waals surface area contributed by atoms with Gasteiger partial charge in [-0.1, -0.05) is 25.0 Å². The van der Waals surface area contributed by atoms with E-state index in [0.29, 0.717) is 19.5 Å². The molecule has 38 heavy (non-hydrogen) atoms. The fourth-order valence-corrected chi connectivity index (χ4v) is 3.62. The number of carbonyl (C=O) groups is 4. The minimum atomic E-state index is -0.801. The number of hydrogen-bond donors (Lipinski definition) is 3. The van der Waals surface area contributed by atoms with Gasteiger partial charge in [-0.15, -0.1) is 13.2 Å². The van der Waals surface area contributed by atoms with Crippen molar-refractivity contribution in [3.8, 4) is 0 Å². The predicted octanol–water partition coefficient (Wildman–Crippen LogP) is 3.63. The zero-order valence-electron chi connectivity index (χ0n) is 23.9. The van der Waals surface area contributed by atoms with Gasteiger partial charge >= 0.3 is 6.09 Å². The highest BCUT2D eigenvalue weighted by atomic mass is 16.6. The lowest BCUT2D eigenvalue weighted by Gasteiger charge is -2.29. The molecule has 2 fully saturated rings. The van der Waals surface area contributed by atoms with E-state index in [2.05, 4.69) is 28.5 Å². The van der Waals surface area contributed by atoms with Crippen molar-refractivity contribution in [2.75, 3.05) is 13.2 Å². The van der Waals surface area contributed by atoms with E-state index in [1.807, 2.05) is 13.0 Å². The molecule has 1 heterocycles. The first-order chi connectivity index (χ1) is 17.9. The summed E-state index contributed by atoms with van der Waals surface area (Å²) < 4.78 is 9.47. The number of aliphatic hydroxyl groups excluding tert-OH is 1. The number of likely N-dealkylation sites (tertiary alicyclic amines) is 1. The van der Waals surface area contributed by atoms with E-state index in [-0.39, 0.29) is 30.8 Å². The number of aliphatic hydroxyl groups is 1. The van der Waals surface area contributed by atoms with Gasteiger partial charge in [0.05, 0.1) is 12.7 Å². The van der Waals surface area contributed by atoms with Crippen LogP contribution in [0.4, 0.5) is 4.79 Å². The van der Waals surface area contributed by atoms with Gasteiger partial charge in [0.2, 0.25) is 11.8 Å². The van der Waals surface area contributed by atoms with Crippen LogP contribution in [0.5, 0.6) is 0 Å². The number of nitrogens with one attached hydrogen (secondary N) is 2. The molecule has 0 aromatic heterocycles. The van der Waals surface area contributed by atoms with Crippen LogP contribution in [0.2, 0.25) is 0 Å². The van der Waals surface area contributed by atoms with Crippen LogP contribution in [0, 0.1) is 0 Å². The highest BCUT2D eigenvalue weighted by molar-refractivity contribution is 5.92. The number of nitrogens with zero attached hydrogens (tertiary/aromatic N) is 1. The van der Waals surface area contributed by atoms with Crippen LogP contribution in [0.3, 0.4) is 0 Å². The molecule has 10 heteroatoms. The molecule has 2 aliphatic rings. The fraction of sp³-hybridized carbons (Fsp3) is 0.714. The van der Waals surface area contributed by atoms with Crippen LogP contribution >= 0.6 is 0 Å². The molecule has 0 aromatic rings. The third-order valence-corrected chi connectivity index (χ3v) is 5.41. The van der Waals surface area contributed by atoms with Gasteiger partial charge in [0, 0.05) is 19.0 Å². The maximum atomic E-state index is 13.3. The molecule has 3 atom stereocenters. The Bertz CT molecular complexity index is 747. The summed E-state index contributed by atoms with van der Waals surface area (Å²) in [5.74, 6) is -0.582. The molecule has 3 N–H and O–H groups in total. The number of carbonyl (C=O) groups excluding carboxylic acids is 4. The number of β-amino-alcohol motifs (C(OH)–C–C–N with tert-alkyl or cyclic N) is 1. The molecule has 218 valence electrons. The van der Waals surface area contributed by atoms with Crippen molar-refractivity contribution in [3.05, 3.63) is 25.3 Å². The summed E-state index contributed by atoms with van der Waals surface area (Å²) in [6, 6.07) is -1.34. The van der Waals surface area contributed by atoms with Crippen LogP contribution in [-0.4, -0.2) is 77.4 Å². The molecule has 2 unspecified atom stereocenters. The molecule has 0 spiro atoms. The zero-order valence-corrected chi connectivity index (χ0v) is 23.9. The van der Waals surface area contributed by atoms with Crippen molar-refractivity contribution < 1.29 is 33.8 Å². The smallest absolute Gasteiger partial charge is 0.408 e. The second-order valence-corrected chi connectivity index (χ2v) is 10.3. The Morgan fingerprint density at radius 3 is 2.26 bits per heavy atom. The molecule has 10 nitrogen and oxygen atoms in total. The molecule has 0 bridgehead atoms. The lowest BCUT2D eigenvalue weighted by atomic mass is 10.1. The molecular formula is C28H49N3O7. The normalized spacial score (nSPS) is 18.8. The van der Waals surface area contributed by atoms with Gasteiger partial charge in [0.1, 0.15) is 17.7 Å². The monoisotopic (exact) mass is 539 g/mol. The number of alkyl carbamates (subject to hydrolysis) is 1. The van der Waals surface area contributed by atoms with Crippen molar-refractivity contribution >= 4 is 24.4 Å². The first-order valence-corrected chi connectivity index (χ1v) is 13.5. The fourth-order valence-electron chi connectivity index (χ4n) is 3.62. The van der Waals surface area contributed by atoms with Gasteiger partial charge in [-0.2, -0.15) is 0 Å². The largest absolute Gasteiger partial charge is 0.468 e. The Morgan fingerprint density at radius 1 is 1.16 bits per heavy atom. The quantitative estimate of drug-likeness (QED) is 0.196. The van der Waals surface area contributed by atoms with Crippen LogP contribution in [0.25, 0.3) is 0 Å². The van der Waals surface area contributed by atoms with E-state index < -0.39 is 29.9 Å². The first-order valence-electron chi connectivity index (χ1n) is 13.5. The van der Waals surface area contributed by atoms with Gasteiger partial charge in [-0.05, 0) is 66.7 Å². The Kier molecular flexibility index (Phi) is 17.8. The molecule has 3 amide bonds. The highest BCUT2D eigenvalue weighted by Crippen LogP contribution is 2.24. The minimum Gasteiger partial charge on any atom is -0.468 e. The third-order valence-electron chi connectivity index (χ3n) is 5.41. The van der Waals surface area contributed by atoms with E-state index in [1.54, 1.807) is 33.8 Å². The first kappa shape index (κ1) is 35.1. The van der Waals surface area contributed by atoms with E-state index in [9.17, 15) is 24.3 Å². The van der Waals surface area contributed by atoms with Crippen LogP contribution < -0.4 is 10.6 Å². The number of rotatable bonds is 12. The maximum absolute atomic E-state index is 13.3. The summed E-state index contributed by atoms with van der Waals surface area (Å²) in [5, 5.41) is 15.7. The second kappa shape index (κ2) is 19.2. The van der Waals surface area contributed by atoms with Gasteiger partial charge in [-0.25, -0.2) is 4.79 Å². The van der Waals surface area contributed by atoms with E-state index >= 15 is 0 Å². The highest BCUT2D eigenvalue weighted by Gasteiger charge is 2.42. The lowest BCUT2D eigenvalue weighted by Crippen LogP contribution is -2.54.